The molecule has 0 aliphatic carbocycles. The molecule has 0 radical (unpaired) electrons. The van der Waals surface area contributed by atoms with Gasteiger partial charge in [0.2, 0.25) is 0 Å². The summed E-state index contributed by atoms with van der Waals surface area (Å²) in [6.07, 6.45) is 4.11. The molecule has 26 heavy (non-hydrogen) atoms. The van der Waals surface area contributed by atoms with Crippen molar-refractivity contribution in [1.29, 1.82) is 0 Å². The van der Waals surface area contributed by atoms with Gasteiger partial charge in [-0.25, -0.2) is 9.78 Å². The van der Waals surface area contributed by atoms with Crippen LogP contribution in [0, 0.1) is 0 Å². The highest BCUT2D eigenvalue weighted by atomic mass is 16.5. The maximum Gasteiger partial charge on any atom is 0.317 e. The van der Waals surface area contributed by atoms with Gasteiger partial charge in [-0.15, -0.1) is 0 Å². The van der Waals surface area contributed by atoms with E-state index in [0.717, 1.165) is 62.6 Å². The van der Waals surface area contributed by atoms with E-state index in [2.05, 4.69) is 20.5 Å². The highest BCUT2D eigenvalue weighted by molar-refractivity contribution is 5.74. The quantitative estimate of drug-likeness (QED) is 0.883. The van der Waals surface area contributed by atoms with Gasteiger partial charge in [0.25, 0.3) is 0 Å². The van der Waals surface area contributed by atoms with Crippen LogP contribution < -0.4 is 5.32 Å². The summed E-state index contributed by atoms with van der Waals surface area (Å²) in [5.74, 6) is 1.97. The van der Waals surface area contributed by atoms with Gasteiger partial charge in [-0.05, 0) is 25.7 Å². The molecule has 2 N–H and O–H groups in total. The average molecular weight is 355 g/mol. The Morgan fingerprint density at radius 3 is 2.77 bits per heavy atom. The maximum absolute atomic E-state index is 12.3. The fourth-order valence-corrected chi connectivity index (χ4v) is 3.65. The monoisotopic (exact) mass is 355 g/mol. The number of nitrogens with one attached hydrogen (secondary N) is 2. The maximum atomic E-state index is 12.3. The van der Waals surface area contributed by atoms with Crippen molar-refractivity contribution in [3.05, 3.63) is 36.2 Å². The van der Waals surface area contributed by atoms with Gasteiger partial charge in [0.15, 0.2) is 5.82 Å². The molecule has 1 aromatic heterocycles. The molecule has 0 saturated carbocycles. The average Bonchev–Trinajstić information content (AvgIpc) is 3.39. The Bertz CT molecular complexity index is 719. The summed E-state index contributed by atoms with van der Waals surface area (Å²) in [5.41, 5.74) is 1.01. The zero-order chi connectivity index (χ0) is 17.8. The van der Waals surface area contributed by atoms with E-state index < -0.39 is 0 Å². The largest absolute Gasteiger partial charge is 0.376 e. The summed E-state index contributed by atoms with van der Waals surface area (Å²) in [7, 11) is 0. The molecule has 0 spiro atoms. The van der Waals surface area contributed by atoms with Gasteiger partial charge in [-0.1, -0.05) is 30.3 Å². The van der Waals surface area contributed by atoms with Crippen molar-refractivity contribution < 1.29 is 9.53 Å². The van der Waals surface area contributed by atoms with E-state index in [1.807, 2.05) is 35.2 Å². The van der Waals surface area contributed by atoms with Crippen LogP contribution in [0.3, 0.4) is 0 Å². The Hall–Kier alpha value is -2.41. The van der Waals surface area contributed by atoms with Crippen LogP contribution in [0.5, 0.6) is 0 Å². The van der Waals surface area contributed by atoms with Crippen LogP contribution in [-0.4, -0.2) is 58.5 Å². The van der Waals surface area contributed by atoms with Crippen molar-refractivity contribution in [2.75, 3.05) is 26.2 Å². The standard InChI is InChI=1S/C19H25N5O2/c25-19(20-13-16-7-4-12-26-16)24-10-8-15(9-11-24)18-21-17(22-23-18)14-5-2-1-3-6-14/h1-3,5-6,15-16H,4,7-13H2,(H,20,25)(H,21,22,23). The Labute approximate surface area is 153 Å². The van der Waals surface area contributed by atoms with E-state index in [9.17, 15) is 4.79 Å². The molecule has 138 valence electrons. The first-order valence-electron chi connectivity index (χ1n) is 9.41. The molecule has 2 saturated heterocycles. The Morgan fingerprint density at radius 1 is 1.23 bits per heavy atom. The Kier molecular flexibility index (Phi) is 5.15. The number of hydrogen-bond donors (Lipinski definition) is 2. The number of carbonyl (C=O) groups is 1. The van der Waals surface area contributed by atoms with Crippen molar-refractivity contribution in [2.45, 2.75) is 37.7 Å². The molecule has 7 heteroatoms. The van der Waals surface area contributed by atoms with Crippen LogP contribution in [0.1, 0.15) is 37.4 Å². The second-order valence-corrected chi connectivity index (χ2v) is 6.99. The third-order valence-corrected chi connectivity index (χ3v) is 5.21. The van der Waals surface area contributed by atoms with E-state index >= 15 is 0 Å². The number of nitrogens with zero attached hydrogens (tertiary/aromatic N) is 3. The van der Waals surface area contributed by atoms with Crippen LogP contribution >= 0.6 is 0 Å². The molecule has 2 aliphatic heterocycles. The van der Waals surface area contributed by atoms with Gasteiger partial charge in [0.05, 0.1) is 6.10 Å². The zero-order valence-corrected chi connectivity index (χ0v) is 14.9. The van der Waals surface area contributed by atoms with E-state index in [-0.39, 0.29) is 12.1 Å². The van der Waals surface area contributed by atoms with E-state index in [0.29, 0.717) is 12.5 Å². The lowest BCUT2D eigenvalue weighted by molar-refractivity contribution is 0.108. The number of aromatic nitrogens is 3. The van der Waals surface area contributed by atoms with Crippen molar-refractivity contribution >= 4 is 6.03 Å². The topological polar surface area (TPSA) is 83.1 Å². The number of hydrogen-bond acceptors (Lipinski definition) is 4. The van der Waals surface area contributed by atoms with Crippen LogP contribution in [0.25, 0.3) is 11.4 Å². The molecule has 1 aromatic carbocycles. The molecule has 4 rings (SSSR count). The zero-order valence-electron chi connectivity index (χ0n) is 14.9. The Balaban J connectivity index is 1.28. The molecule has 2 fully saturated rings. The molecule has 1 atom stereocenters. The van der Waals surface area contributed by atoms with Crippen LogP contribution in [0.2, 0.25) is 0 Å². The second kappa shape index (κ2) is 7.86. The number of amides is 2. The molecule has 2 amide bonds. The van der Waals surface area contributed by atoms with Crippen LogP contribution in [0.15, 0.2) is 30.3 Å². The molecular formula is C19H25N5O2. The van der Waals surface area contributed by atoms with E-state index in [4.69, 9.17) is 4.74 Å². The van der Waals surface area contributed by atoms with Crippen molar-refractivity contribution in [3.8, 4) is 11.4 Å². The molecule has 2 aliphatic rings. The second-order valence-electron chi connectivity index (χ2n) is 6.99. The van der Waals surface area contributed by atoms with Crippen LogP contribution in [0.4, 0.5) is 4.79 Å². The molecule has 0 bridgehead atoms. The third-order valence-electron chi connectivity index (χ3n) is 5.21. The summed E-state index contributed by atoms with van der Waals surface area (Å²) in [4.78, 5) is 18.9. The predicted octanol–water partition coefficient (Wildman–Crippen LogP) is 2.54. The summed E-state index contributed by atoms with van der Waals surface area (Å²) in [6.45, 7) is 2.90. The van der Waals surface area contributed by atoms with Crippen LogP contribution in [-0.2, 0) is 4.74 Å². The van der Waals surface area contributed by atoms with Crippen molar-refractivity contribution in [1.82, 2.24) is 25.4 Å². The number of benzene rings is 1. The van der Waals surface area contributed by atoms with Gasteiger partial charge in [-0.2, -0.15) is 5.10 Å². The van der Waals surface area contributed by atoms with Crippen molar-refractivity contribution in [2.24, 2.45) is 0 Å². The number of carbonyl (C=O) groups excluding carboxylic acids is 1. The lowest BCUT2D eigenvalue weighted by atomic mass is 9.96. The number of H-pyrrole nitrogens is 1. The van der Waals surface area contributed by atoms with E-state index in [1.54, 1.807) is 0 Å². The number of aromatic amines is 1. The highest BCUT2D eigenvalue weighted by Gasteiger charge is 2.26. The number of ether oxygens (including phenoxy) is 1. The third kappa shape index (κ3) is 3.88. The lowest BCUT2D eigenvalue weighted by Crippen LogP contribution is -2.46. The molecule has 2 aromatic rings. The summed E-state index contributed by atoms with van der Waals surface area (Å²) < 4.78 is 5.55. The molecule has 7 nitrogen and oxygen atoms in total. The SMILES string of the molecule is O=C(NCC1CCCO1)N1CCC(c2nc(-c3ccccc3)n[nH]2)CC1. The fraction of sp³-hybridized carbons (Fsp3) is 0.526. The van der Waals surface area contributed by atoms with Gasteiger partial charge in [0, 0.05) is 37.7 Å². The molecule has 1 unspecified atom stereocenters. The minimum absolute atomic E-state index is 0.0153. The first-order chi connectivity index (χ1) is 12.8. The predicted molar refractivity (Wildman–Crippen MR) is 97.7 cm³/mol. The molecule has 3 heterocycles. The number of likely N-dealkylation sites (tertiary alicyclic amines) is 1. The highest BCUT2D eigenvalue weighted by Crippen LogP contribution is 2.27. The first-order valence-corrected chi connectivity index (χ1v) is 9.41. The fourth-order valence-electron chi connectivity index (χ4n) is 3.65. The van der Waals surface area contributed by atoms with E-state index in [1.165, 1.54) is 0 Å². The summed E-state index contributed by atoms with van der Waals surface area (Å²) >= 11 is 0. The summed E-state index contributed by atoms with van der Waals surface area (Å²) in [6, 6.07) is 9.98. The first kappa shape index (κ1) is 17.0. The van der Waals surface area contributed by atoms with Crippen molar-refractivity contribution in [3.63, 3.8) is 0 Å². The number of urea groups is 1. The normalized spacial score (nSPS) is 21.1. The minimum Gasteiger partial charge on any atom is -0.376 e. The Morgan fingerprint density at radius 2 is 2.04 bits per heavy atom. The smallest absolute Gasteiger partial charge is 0.317 e. The number of piperidine rings is 1. The van der Waals surface area contributed by atoms with Gasteiger partial charge in [0.1, 0.15) is 5.82 Å². The summed E-state index contributed by atoms with van der Waals surface area (Å²) in [5, 5.41) is 10.4. The molecular weight excluding hydrogens is 330 g/mol. The minimum atomic E-state index is 0.0153. The van der Waals surface area contributed by atoms with Gasteiger partial charge in [-0.3, -0.25) is 5.10 Å². The lowest BCUT2D eigenvalue weighted by Gasteiger charge is -2.31. The number of rotatable bonds is 4. The van der Waals surface area contributed by atoms with Gasteiger partial charge < -0.3 is 15.0 Å². The van der Waals surface area contributed by atoms with Gasteiger partial charge >= 0.3 is 6.03 Å².